The number of aliphatic imine (C=N–C) groups is 4. The molecule has 6 heteroatoms. The Morgan fingerprint density at radius 1 is 0.408 bits per heavy atom. The van der Waals surface area contributed by atoms with Crippen LogP contribution >= 0.6 is 0 Å². The zero-order valence-corrected chi connectivity index (χ0v) is 27.1. The molecule has 0 N–H and O–H groups in total. The topological polar surface area (TPSA) is 75.7 Å². The lowest BCUT2D eigenvalue weighted by Crippen LogP contribution is -2.14. The van der Waals surface area contributed by atoms with Gasteiger partial charge < -0.3 is 4.74 Å². The molecule has 6 rings (SSSR count). The Labute approximate surface area is 286 Å². The van der Waals surface area contributed by atoms with Crippen molar-refractivity contribution < 1.29 is 9.53 Å². The highest BCUT2D eigenvalue weighted by Gasteiger charge is 2.15. The number of ether oxygens (including phenoxy) is 1. The Morgan fingerprint density at radius 3 is 1.22 bits per heavy atom. The lowest BCUT2D eigenvalue weighted by molar-refractivity contribution is 0.100. The van der Waals surface area contributed by atoms with Crippen molar-refractivity contribution in [3.63, 3.8) is 0 Å². The normalized spacial score (nSPS) is 12.4. The molecule has 0 heterocycles. The van der Waals surface area contributed by atoms with E-state index in [1.807, 2.05) is 171 Å². The predicted molar refractivity (Wildman–Crippen MR) is 200 cm³/mol. The monoisotopic (exact) mass is 638 g/mol. The van der Waals surface area contributed by atoms with Gasteiger partial charge in [-0.15, -0.1) is 0 Å². The van der Waals surface area contributed by atoms with Gasteiger partial charge in [-0.3, -0.25) is 4.79 Å². The van der Waals surface area contributed by atoms with E-state index in [0.717, 1.165) is 27.8 Å². The number of amidine groups is 3. The largest absolute Gasteiger partial charge is 0.477 e. The number of nitrogens with zero attached hydrogens (tertiary/aromatic N) is 4. The van der Waals surface area contributed by atoms with Crippen LogP contribution < -0.4 is 0 Å². The lowest BCUT2D eigenvalue weighted by atomic mass is 10.0. The highest BCUT2D eigenvalue weighted by Crippen LogP contribution is 2.20. The van der Waals surface area contributed by atoms with Gasteiger partial charge in [-0.05, 0) is 42.3 Å². The molecule has 6 nitrogen and oxygen atoms in total. The van der Waals surface area contributed by atoms with Crippen molar-refractivity contribution in [2.75, 3.05) is 6.61 Å². The molecule has 0 bridgehead atoms. The summed E-state index contributed by atoms with van der Waals surface area (Å²) in [6, 6.07) is 55.9. The first kappa shape index (κ1) is 32.4. The molecule has 0 fully saturated rings. The molecule has 49 heavy (non-hydrogen) atoms. The van der Waals surface area contributed by atoms with Crippen LogP contribution in [0.25, 0.3) is 11.1 Å². The predicted octanol–water partition coefficient (Wildman–Crippen LogP) is 9.32. The average Bonchev–Trinajstić information content (AvgIpc) is 3.18. The molecule has 6 aromatic carbocycles. The van der Waals surface area contributed by atoms with Crippen LogP contribution in [0.15, 0.2) is 196 Å². The van der Waals surface area contributed by atoms with Gasteiger partial charge in [-0.2, -0.15) is 9.98 Å². The van der Waals surface area contributed by atoms with E-state index in [1.165, 1.54) is 0 Å². The highest BCUT2D eigenvalue weighted by atomic mass is 16.5. The molecule has 0 spiro atoms. The lowest BCUT2D eigenvalue weighted by Gasteiger charge is -2.11. The molecule has 0 atom stereocenters. The zero-order chi connectivity index (χ0) is 33.7. The number of carbonyl (C=O) groups is 1. The van der Waals surface area contributed by atoms with Gasteiger partial charge in [0.15, 0.2) is 17.5 Å². The molecule has 0 unspecified atom stereocenters. The second kappa shape index (κ2) is 16.3. The molecule has 0 aliphatic heterocycles. The van der Waals surface area contributed by atoms with Gasteiger partial charge in [0, 0.05) is 27.8 Å². The summed E-state index contributed by atoms with van der Waals surface area (Å²) in [7, 11) is 0. The number of hydrogen-bond acceptors (Lipinski definition) is 2. The van der Waals surface area contributed by atoms with Crippen molar-refractivity contribution in [2.24, 2.45) is 20.0 Å². The zero-order valence-electron chi connectivity index (χ0n) is 27.1. The smallest absolute Gasteiger partial charge is 0.279 e. The minimum atomic E-state index is -0.414. The van der Waals surface area contributed by atoms with Gasteiger partial charge in [0.05, 0.1) is 6.61 Å². The average molecular weight is 639 g/mol. The van der Waals surface area contributed by atoms with Crippen molar-refractivity contribution in [3.05, 3.63) is 204 Å². The number of hydrogen-bond donors (Lipinski definition) is 0. The highest BCUT2D eigenvalue weighted by molar-refractivity contribution is 6.20. The first-order valence-corrected chi connectivity index (χ1v) is 16.1. The van der Waals surface area contributed by atoms with Crippen molar-refractivity contribution in [3.8, 4) is 11.1 Å². The maximum Gasteiger partial charge on any atom is 0.279 e. The summed E-state index contributed by atoms with van der Waals surface area (Å²) in [5.41, 5.74) is 5.53. The molecule has 0 aromatic heterocycles. The fourth-order valence-corrected chi connectivity index (χ4v) is 5.01. The fraction of sp³-hybridized carbons (Fsp3) is 0.0465. The molecule has 0 radical (unpaired) electrons. The molecular formula is C43H34N4O2. The van der Waals surface area contributed by atoms with Crippen LogP contribution in [0.4, 0.5) is 0 Å². The van der Waals surface area contributed by atoms with Crippen LogP contribution in [0.3, 0.4) is 0 Å². The second-order valence-corrected chi connectivity index (χ2v) is 10.9. The van der Waals surface area contributed by atoms with E-state index in [9.17, 15) is 4.79 Å². The fourth-order valence-electron chi connectivity index (χ4n) is 5.01. The van der Waals surface area contributed by atoms with E-state index in [2.05, 4.69) is 4.99 Å². The van der Waals surface area contributed by atoms with Gasteiger partial charge in [0.2, 0.25) is 5.90 Å². The minimum Gasteiger partial charge on any atom is -0.477 e. The third-order valence-electron chi connectivity index (χ3n) is 7.48. The van der Waals surface area contributed by atoms with E-state index < -0.39 is 5.91 Å². The number of amides is 1. The van der Waals surface area contributed by atoms with E-state index in [4.69, 9.17) is 19.7 Å². The van der Waals surface area contributed by atoms with Crippen LogP contribution in [0.1, 0.15) is 39.5 Å². The summed E-state index contributed by atoms with van der Waals surface area (Å²) < 4.78 is 6.02. The maximum atomic E-state index is 13.7. The maximum absolute atomic E-state index is 13.7. The molecule has 0 aliphatic rings. The Balaban J connectivity index is 1.49. The van der Waals surface area contributed by atoms with Crippen LogP contribution in [0.2, 0.25) is 0 Å². The quantitative estimate of drug-likeness (QED) is 0.129. The number of rotatable bonds is 7. The van der Waals surface area contributed by atoms with Crippen molar-refractivity contribution in [1.29, 1.82) is 0 Å². The molecular weight excluding hydrogens is 604 g/mol. The summed E-state index contributed by atoms with van der Waals surface area (Å²) in [5, 5.41) is 0. The third-order valence-corrected chi connectivity index (χ3v) is 7.48. The first-order valence-electron chi connectivity index (χ1n) is 16.1. The standard InChI is InChI=1S/C43H34N4O2/c1-2-49-43(38-26-16-7-17-27-38)47-41(36-24-14-6-15-25-36)45-39(34-20-10-4-11-21-34)44-40(35-22-12-5-13-23-35)46-42(48)37-30-28-33(29-31-37)32-18-8-3-9-19-32/h3-31H,2H2,1H3. The molecule has 0 aliphatic carbocycles. The summed E-state index contributed by atoms with van der Waals surface area (Å²) >= 11 is 0. The molecule has 0 saturated carbocycles. The van der Waals surface area contributed by atoms with Crippen molar-refractivity contribution in [2.45, 2.75) is 6.92 Å². The summed E-state index contributed by atoms with van der Waals surface area (Å²) in [5.74, 6) is 0.976. The van der Waals surface area contributed by atoms with E-state index in [0.29, 0.717) is 35.3 Å². The Kier molecular flexibility index (Phi) is 10.8. The van der Waals surface area contributed by atoms with Crippen LogP contribution in [-0.2, 0) is 4.74 Å². The van der Waals surface area contributed by atoms with Gasteiger partial charge >= 0.3 is 0 Å². The third kappa shape index (κ3) is 8.64. The first-order chi connectivity index (χ1) is 24.2. The van der Waals surface area contributed by atoms with Crippen LogP contribution in [-0.4, -0.2) is 35.9 Å². The van der Waals surface area contributed by atoms with Gasteiger partial charge in [-0.25, -0.2) is 9.98 Å². The Bertz CT molecular complexity index is 2090. The number of carbonyl (C=O) groups excluding carboxylic acids is 1. The van der Waals surface area contributed by atoms with Crippen LogP contribution in [0.5, 0.6) is 0 Å². The van der Waals surface area contributed by atoms with Crippen LogP contribution in [0, 0.1) is 0 Å². The SMILES string of the molecule is CCOC(=NC(=NC(=NC(=NC(=O)c1ccc(-c2ccccc2)cc1)c1ccccc1)c1ccccc1)c1ccccc1)c1ccccc1. The Hall–Kier alpha value is -6.53. The molecule has 6 aromatic rings. The minimum absolute atomic E-state index is 0.227. The number of benzene rings is 6. The molecule has 1 amide bonds. The van der Waals surface area contributed by atoms with Gasteiger partial charge in [-0.1, -0.05) is 152 Å². The Morgan fingerprint density at radius 2 is 0.776 bits per heavy atom. The second-order valence-electron chi connectivity index (χ2n) is 10.9. The van der Waals surface area contributed by atoms with Crippen molar-refractivity contribution >= 4 is 29.3 Å². The van der Waals surface area contributed by atoms with E-state index in [1.54, 1.807) is 12.1 Å². The molecule has 0 saturated heterocycles. The summed E-state index contributed by atoms with van der Waals surface area (Å²) in [6.07, 6.45) is 0. The van der Waals surface area contributed by atoms with Crippen molar-refractivity contribution in [1.82, 2.24) is 0 Å². The van der Waals surface area contributed by atoms with E-state index >= 15 is 0 Å². The van der Waals surface area contributed by atoms with Gasteiger partial charge in [0.1, 0.15) is 0 Å². The molecule has 238 valence electrons. The summed E-state index contributed by atoms with van der Waals surface area (Å²) in [6.45, 7) is 2.35. The van der Waals surface area contributed by atoms with Gasteiger partial charge in [0.25, 0.3) is 5.91 Å². The summed E-state index contributed by atoms with van der Waals surface area (Å²) in [4.78, 5) is 33.2. The van der Waals surface area contributed by atoms with E-state index in [-0.39, 0.29) is 5.84 Å².